The Bertz CT molecular complexity index is 676. The van der Waals surface area contributed by atoms with Crippen LogP contribution in [0.1, 0.15) is 5.56 Å². The molecule has 6 heteroatoms. The highest BCUT2D eigenvalue weighted by Crippen LogP contribution is 2.22. The van der Waals surface area contributed by atoms with Gasteiger partial charge in [0.1, 0.15) is 5.75 Å². The van der Waals surface area contributed by atoms with E-state index in [1.54, 1.807) is 7.11 Å². The van der Waals surface area contributed by atoms with E-state index in [0.717, 1.165) is 36.8 Å². The Hall–Kier alpha value is -2.24. The van der Waals surface area contributed by atoms with Gasteiger partial charge in [-0.15, -0.1) is 12.4 Å². The molecule has 1 heterocycles. The SMILES string of the molecule is COc1ccc(NC(=O)CN2CCNCc3ccccc32)cc1.Cl. The van der Waals surface area contributed by atoms with E-state index in [1.165, 1.54) is 5.56 Å². The van der Waals surface area contributed by atoms with Gasteiger partial charge in [-0.3, -0.25) is 4.79 Å². The number of amides is 1. The Kier molecular flexibility index (Phi) is 6.46. The van der Waals surface area contributed by atoms with Crippen molar-refractivity contribution in [3.8, 4) is 5.75 Å². The summed E-state index contributed by atoms with van der Waals surface area (Å²) in [4.78, 5) is 14.5. The number of benzene rings is 2. The van der Waals surface area contributed by atoms with Gasteiger partial charge in [0.2, 0.25) is 5.91 Å². The number of rotatable bonds is 4. The quantitative estimate of drug-likeness (QED) is 0.892. The Morgan fingerprint density at radius 3 is 2.71 bits per heavy atom. The van der Waals surface area contributed by atoms with Gasteiger partial charge in [-0.05, 0) is 35.9 Å². The molecule has 1 aliphatic heterocycles. The first-order chi connectivity index (χ1) is 11.3. The van der Waals surface area contributed by atoms with E-state index in [1.807, 2.05) is 36.4 Å². The molecule has 2 N–H and O–H groups in total. The van der Waals surface area contributed by atoms with Gasteiger partial charge in [0.05, 0.1) is 13.7 Å². The maximum atomic E-state index is 12.4. The van der Waals surface area contributed by atoms with Crippen molar-refractivity contribution in [3.63, 3.8) is 0 Å². The number of para-hydroxylation sites is 1. The summed E-state index contributed by atoms with van der Waals surface area (Å²) in [7, 11) is 1.62. The van der Waals surface area contributed by atoms with Crippen molar-refractivity contribution < 1.29 is 9.53 Å². The summed E-state index contributed by atoms with van der Waals surface area (Å²) in [6.45, 7) is 2.86. The Morgan fingerprint density at radius 1 is 1.21 bits per heavy atom. The largest absolute Gasteiger partial charge is 0.497 e. The van der Waals surface area contributed by atoms with Gasteiger partial charge in [-0.1, -0.05) is 18.2 Å². The number of anilines is 2. The summed E-state index contributed by atoms with van der Waals surface area (Å²) in [6.07, 6.45) is 0. The van der Waals surface area contributed by atoms with Crippen molar-refractivity contribution in [3.05, 3.63) is 54.1 Å². The highest BCUT2D eigenvalue weighted by molar-refractivity contribution is 5.94. The molecule has 0 bridgehead atoms. The van der Waals surface area contributed by atoms with Crippen LogP contribution in [-0.4, -0.2) is 32.7 Å². The minimum atomic E-state index is -0.0214. The molecule has 128 valence electrons. The summed E-state index contributed by atoms with van der Waals surface area (Å²) >= 11 is 0. The van der Waals surface area contributed by atoms with Gasteiger partial charge in [-0.2, -0.15) is 0 Å². The molecule has 2 aromatic carbocycles. The highest BCUT2D eigenvalue weighted by atomic mass is 35.5. The lowest BCUT2D eigenvalue weighted by atomic mass is 10.1. The Balaban J connectivity index is 0.00000208. The first-order valence-corrected chi connectivity index (χ1v) is 7.74. The van der Waals surface area contributed by atoms with E-state index < -0.39 is 0 Å². The van der Waals surface area contributed by atoms with E-state index >= 15 is 0 Å². The molecule has 0 radical (unpaired) electrons. The highest BCUT2D eigenvalue weighted by Gasteiger charge is 2.17. The number of fused-ring (bicyclic) bond motifs is 1. The lowest BCUT2D eigenvalue weighted by Gasteiger charge is -2.23. The van der Waals surface area contributed by atoms with Crippen molar-refractivity contribution in [2.45, 2.75) is 6.54 Å². The number of methoxy groups -OCH3 is 1. The fraction of sp³-hybridized carbons (Fsp3) is 0.278. The molecule has 0 unspecified atom stereocenters. The van der Waals surface area contributed by atoms with Crippen molar-refractivity contribution in [2.75, 3.05) is 37.0 Å². The molecule has 1 aliphatic rings. The van der Waals surface area contributed by atoms with E-state index in [4.69, 9.17) is 4.74 Å². The number of hydrogen-bond acceptors (Lipinski definition) is 4. The smallest absolute Gasteiger partial charge is 0.243 e. The number of halogens is 1. The molecule has 1 amide bonds. The van der Waals surface area contributed by atoms with E-state index in [2.05, 4.69) is 27.7 Å². The average Bonchev–Trinajstić information content (AvgIpc) is 2.78. The summed E-state index contributed by atoms with van der Waals surface area (Å²) in [5.74, 6) is 0.752. The molecule has 2 aromatic rings. The maximum Gasteiger partial charge on any atom is 0.243 e. The Morgan fingerprint density at radius 2 is 1.96 bits per heavy atom. The van der Waals surface area contributed by atoms with Gasteiger partial charge in [-0.25, -0.2) is 0 Å². The molecule has 0 fully saturated rings. The van der Waals surface area contributed by atoms with Crippen molar-refractivity contribution in [1.29, 1.82) is 0 Å². The molecular formula is C18H22ClN3O2. The molecule has 5 nitrogen and oxygen atoms in total. The molecule has 0 aliphatic carbocycles. The number of carbonyl (C=O) groups excluding carboxylic acids is 1. The van der Waals surface area contributed by atoms with Crippen LogP contribution < -0.4 is 20.3 Å². The zero-order valence-electron chi connectivity index (χ0n) is 13.6. The number of nitrogens with zero attached hydrogens (tertiary/aromatic N) is 1. The molecule has 24 heavy (non-hydrogen) atoms. The van der Waals surface area contributed by atoms with Crippen LogP contribution in [0.5, 0.6) is 5.75 Å². The fourth-order valence-corrected chi connectivity index (χ4v) is 2.74. The maximum absolute atomic E-state index is 12.4. The van der Waals surface area contributed by atoms with E-state index in [0.29, 0.717) is 6.54 Å². The van der Waals surface area contributed by atoms with Gasteiger partial charge < -0.3 is 20.3 Å². The third-order valence-corrected chi connectivity index (χ3v) is 3.91. The summed E-state index contributed by atoms with van der Waals surface area (Å²) in [5.41, 5.74) is 3.13. The van der Waals surface area contributed by atoms with Crippen LogP contribution in [0, 0.1) is 0 Å². The Labute approximate surface area is 148 Å². The standard InChI is InChI=1S/C18H21N3O2.ClH/c1-23-16-8-6-15(7-9-16)20-18(22)13-21-11-10-19-12-14-4-2-3-5-17(14)21;/h2-9,19H,10-13H2,1H3,(H,20,22);1H. The summed E-state index contributed by atoms with van der Waals surface area (Å²) in [5, 5.41) is 6.32. The molecule has 0 saturated carbocycles. The summed E-state index contributed by atoms with van der Waals surface area (Å²) < 4.78 is 5.12. The average molecular weight is 348 g/mol. The number of ether oxygens (including phenoxy) is 1. The van der Waals surface area contributed by atoms with Crippen molar-refractivity contribution in [2.24, 2.45) is 0 Å². The predicted octanol–water partition coefficient (Wildman–Crippen LogP) is 2.67. The van der Waals surface area contributed by atoms with Crippen molar-refractivity contribution >= 4 is 29.7 Å². The zero-order chi connectivity index (χ0) is 16.1. The normalized spacial score (nSPS) is 13.3. The molecule has 3 rings (SSSR count). The summed E-state index contributed by atoms with van der Waals surface area (Å²) in [6, 6.07) is 15.6. The van der Waals surface area contributed by atoms with Crippen LogP contribution in [-0.2, 0) is 11.3 Å². The third kappa shape index (κ3) is 4.40. The van der Waals surface area contributed by atoms with E-state index in [-0.39, 0.29) is 18.3 Å². The third-order valence-electron chi connectivity index (χ3n) is 3.91. The van der Waals surface area contributed by atoms with Crippen LogP contribution in [0.3, 0.4) is 0 Å². The van der Waals surface area contributed by atoms with Crippen LogP contribution in [0.2, 0.25) is 0 Å². The minimum Gasteiger partial charge on any atom is -0.497 e. The van der Waals surface area contributed by atoms with Gasteiger partial charge >= 0.3 is 0 Å². The molecule has 0 aromatic heterocycles. The van der Waals surface area contributed by atoms with Crippen LogP contribution in [0.4, 0.5) is 11.4 Å². The lowest BCUT2D eigenvalue weighted by molar-refractivity contribution is -0.115. The van der Waals surface area contributed by atoms with Crippen molar-refractivity contribution in [1.82, 2.24) is 5.32 Å². The molecule has 0 spiro atoms. The topological polar surface area (TPSA) is 53.6 Å². The van der Waals surface area contributed by atoms with Gasteiger partial charge in [0.15, 0.2) is 0 Å². The first-order valence-electron chi connectivity index (χ1n) is 7.74. The predicted molar refractivity (Wildman–Crippen MR) is 99.2 cm³/mol. The van der Waals surface area contributed by atoms with Gasteiger partial charge in [0, 0.05) is 31.0 Å². The lowest BCUT2D eigenvalue weighted by Crippen LogP contribution is -2.36. The van der Waals surface area contributed by atoms with Gasteiger partial charge in [0.25, 0.3) is 0 Å². The molecular weight excluding hydrogens is 326 g/mol. The number of nitrogens with one attached hydrogen (secondary N) is 2. The van der Waals surface area contributed by atoms with Crippen LogP contribution in [0.15, 0.2) is 48.5 Å². The molecule has 0 saturated heterocycles. The first kappa shape index (κ1) is 18.1. The zero-order valence-corrected chi connectivity index (χ0v) is 14.4. The monoisotopic (exact) mass is 347 g/mol. The second-order valence-corrected chi connectivity index (χ2v) is 5.50. The van der Waals surface area contributed by atoms with E-state index in [9.17, 15) is 4.79 Å². The second kappa shape index (κ2) is 8.57. The second-order valence-electron chi connectivity index (χ2n) is 5.50. The van der Waals surface area contributed by atoms with Crippen LogP contribution >= 0.6 is 12.4 Å². The van der Waals surface area contributed by atoms with Crippen LogP contribution in [0.25, 0.3) is 0 Å². The number of carbonyl (C=O) groups is 1. The fourth-order valence-electron chi connectivity index (χ4n) is 2.74. The molecule has 0 atom stereocenters. The minimum absolute atomic E-state index is 0. The number of hydrogen-bond donors (Lipinski definition) is 2.